The molecule has 0 unspecified atom stereocenters. The van der Waals surface area contributed by atoms with E-state index in [1.165, 1.54) is 12.1 Å². The lowest BCUT2D eigenvalue weighted by Gasteiger charge is -2.17. The van der Waals surface area contributed by atoms with Crippen molar-refractivity contribution in [2.45, 2.75) is 37.5 Å². The number of aliphatic hydroxyl groups is 1. The van der Waals surface area contributed by atoms with Crippen molar-refractivity contribution in [3.05, 3.63) is 76.7 Å². The smallest absolute Gasteiger partial charge is 0.417 e. The van der Waals surface area contributed by atoms with Gasteiger partial charge in [-0.1, -0.05) is 6.07 Å². The van der Waals surface area contributed by atoms with Gasteiger partial charge in [0.1, 0.15) is 29.2 Å². The van der Waals surface area contributed by atoms with Crippen molar-refractivity contribution in [3.8, 4) is 23.1 Å². The van der Waals surface area contributed by atoms with Crippen LogP contribution < -0.4 is 14.2 Å². The van der Waals surface area contributed by atoms with Gasteiger partial charge in [0.25, 0.3) is 0 Å². The normalized spacial score (nSPS) is 18.9. The van der Waals surface area contributed by atoms with Crippen LogP contribution in [0, 0.1) is 5.82 Å². The molecule has 3 aromatic rings. The zero-order chi connectivity index (χ0) is 23.9. The zero-order valence-corrected chi connectivity index (χ0v) is 17.9. The van der Waals surface area contributed by atoms with Gasteiger partial charge in [0.05, 0.1) is 12.2 Å². The van der Waals surface area contributed by atoms with Gasteiger partial charge in [0, 0.05) is 47.5 Å². The van der Waals surface area contributed by atoms with E-state index in [2.05, 4.69) is 4.98 Å². The molecule has 0 saturated heterocycles. The van der Waals surface area contributed by atoms with Gasteiger partial charge in [-0.3, -0.25) is 0 Å². The van der Waals surface area contributed by atoms with Crippen molar-refractivity contribution in [1.82, 2.24) is 4.98 Å². The summed E-state index contributed by atoms with van der Waals surface area (Å²) < 4.78 is 70.6. The van der Waals surface area contributed by atoms with Crippen molar-refractivity contribution < 1.29 is 36.9 Å². The van der Waals surface area contributed by atoms with E-state index < -0.39 is 23.7 Å². The topological polar surface area (TPSA) is 60.8 Å². The highest BCUT2D eigenvalue weighted by molar-refractivity contribution is 5.49. The molecule has 178 valence electrons. The number of benzene rings is 2. The minimum atomic E-state index is -4.49. The summed E-state index contributed by atoms with van der Waals surface area (Å²) in [5.74, 6) is 1.25. The monoisotopic (exact) mass is 475 g/mol. The SMILES string of the molecule is OCC[C@@H]1COc2cc(O[C@@H]3CCc4c(Oc5ccc(C(F)(F)F)cn5)ccc(F)c43)ccc21. The molecule has 2 aliphatic rings. The predicted molar refractivity (Wildman–Crippen MR) is 114 cm³/mol. The fourth-order valence-corrected chi connectivity index (χ4v) is 4.47. The fourth-order valence-electron chi connectivity index (χ4n) is 4.47. The molecular weight excluding hydrogens is 454 g/mol. The van der Waals surface area contributed by atoms with Crippen LogP contribution in [0.25, 0.3) is 0 Å². The number of fused-ring (bicyclic) bond motifs is 2. The van der Waals surface area contributed by atoms with E-state index in [0.717, 1.165) is 17.7 Å². The molecule has 34 heavy (non-hydrogen) atoms. The Bertz CT molecular complexity index is 1200. The van der Waals surface area contributed by atoms with Gasteiger partial charge in [0.2, 0.25) is 5.88 Å². The maximum absolute atomic E-state index is 14.8. The second-order valence-electron chi connectivity index (χ2n) is 8.29. The van der Waals surface area contributed by atoms with Gasteiger partial charge >= 0.3 is 6.18 Å². The number of halogens is 4. The summed E-state index contributed by atoms with van der Waals surface area (Å²) in [5.41, 5.74) is 1.11. The summed E-state index contributed by atoms with van der Waals surface area (Å²) >= 11 is 0. The minimum absolute atomic E-state index is 0.0145. The van der Waals surface area contributed by atoms with Gasteiger partial charge < -0.3 is 19.3 Å². The number of nitrogens with zero attached hydrogens (tertiary/aromatic N) is 1. The molecule has 1 aliphatic carbocycles. The highest BCUT2D eigenvalue weighted by Crippen LogP contribution is 2.44. The number of hydrogen-bond acceptors (Lipinski definition) is 5. The number of ether oxygens (including phenoxy) is 3. The van der Waals surface area contributed by atoms with Crippen LogP contribution in [-0.2, 0) is 12.6 Å². The van der Waals surface area contributed by atoms with Gasteiger partial charge in [-0.25, -0.2) is 9.37 Å². The van der Waals surface area contributed by atoms with Crippen LogP contribution >= 0.6 is 0 Å². The highest BCUT2D eigenvalue weighted by Gasteiger charge is 2.33. The molecule has 5 nitrogen and oxygen atoms in total. The van der Waals surface area contributed by atoms with Crippen molar-refractivity contribution >= 4 is 0 Å². The van der Waals surface area contributed by atoms with E-state index in [-0.39, 0.29) is 18.4 Å². The predicted octanol–water partition coefficient (Wildman–Crippen LogP) is 5.96. The van der Waals surface area contributed by atoms with Crippen molar-refractivity contribution in [3.63, 3.8) is 0 Å². The summed E-state index contributed by atoms with van der Waals surface area (Å²) in [4.78, 5) is 3.73. The Morgan fingerprint density at radius 2 is 1.97 bits per heavy atom. The molecule has 0 spiro atoms. The number of alkyl halides is 3. The summed E-state index contributed by atoms with van der Waals surface area (Å²) in [5, 5.41) is 9.20. The third-order valence-electron chi connectivity index (χ3n) is 6.14. The van der Waals surface area contributed by atoms with Gasteiger partial charge in [-0.2, -0.15) is 13.2 Å². The third-order valence-corrected chi connectivity index (χ3v) is 6.14. The molecule has 0 radical (unpaired) electrons. The quantitative estimate of drug-likeness (QED) is 0.446. The maximum Gasteiger partial charge on any atom is 0.417 e. The lowest BCUT2D eigenvalue weighted by molar-refractivity contribution is -0.137. The number of aliphatic hydroxyl groups excluding tert-OH is 1. The van der Waals surface area contributed by atoms with Gasteiger partial charge in [-0.05, 0) is 43.5 Å². The molecule has 2 aromatic carbocycles. The summed E-state index contributed by atoms with van der Waals surface area (Å²) in [6.45, 7) is 0.579. The molecule has 1 aliphatic heterocycles. The Morgan fingerprint density at radius 1 is 1.12 bits per heavy atom. The fraction of sp³-hybridized carbons (Fsp3) is 0.320. The van der Waals surface area contributed by atoms with Crippen LogP contribution in [0.4, 0.5) is 17.6 Å². The molecule has 2 heterocycles. The molecule has 2 atom stereocenters. The van der Waals surface area contributed by atoms with Gasteiger partial charge in [-0.15, -0.1) is 0 Å². The van der Waals surface area contributed by atoms with Crippen LogP contribution in [-0.4, -0.2) is 23.3 Å². The maximum atomic E-state index is 14.8. The number of rotatable bonds is 6. The van der Waals surface area contributed by atoms with Crippen molar-refractivity contribution in [2.75, 3.05) is 13.2 Å². The van der Waals surface area contributed by atoms with Crippen molar-refractivity contribution in [2.24, 2.45) is 0 Å². The Morgan fingerprint density at radius 3 is 2.71 bits per heavy atom. The molecule has 1 aromatic heterocycles. The highest BCUT2D eigenvalue weighted by atomic mass is 19.4. The Kier molecular flexibility index (Phi) is 5.81. The van der Waals surface area contributed by atoms with Crippen LogP contribution in [0.2, 0.25) is 0 Å². The first-order chi connectivity index (χ1) is 16.3. The van der Waals surface area contributed by atoms with E-state index in [4.69, 9.17) is 14.2 Å². The van der Waals surface area contributed by atoms with E-state index in [9.17, 15) is 22.7 Å². The van der Waals surface area contributed by atoms with E-state index in [0.29, 0.717) is 60.4 Å². The molecule has 0 bridgehead atoms. The lowest BCUT2D eigenvalue weighted by atomic mass is 9.98. The lowest BCUT2D eigenvalue weighted by Crippen LogP contribution is -2.07. The first-order valence-corrected chi connectivity index (χ1v) is 10.9. The second kappa shape index (κ2) is 8.79. The van der Waals surface area contributed by atoms with Crippen LogP contribution in [0.3, 0.4) is 0 Å². The second-order valence-corrected chi connectivity index (χ2v) is 8.29. The average Bonchev–Trinajstić information content (AvgIpc) is 3.41. The molecule has 0 saturated carbocycles. The first kappa shape index (κ1) is 22.5. The average molecular weight is 475 g/mol. The van der Waals surface area contributed by atoms with Crippen LogP contribution in [0.15, 0.2) is 48.7 Å². The molecule has 1 N–H and O–H groups in total. The zero-order valence-electron chi connectivity index (χ0n) is 17.9. The summed E-state index contributed by atoms with van der Waals surface area (Å²) in [6, 6.07) is 10.2. The Balaban J connectivity index is 1.35. The molecular formula is C25H21F4NO4. The summed E-state index contributed by atoms with van der Waals surface area (Å²) in [7, 11) is 0. The molecule has 9 heteroatoms. The van der Waals surface area contributed by atoms with E-state index in [1.54, 1.807) is 12.1 Å². The largest absolute Gasteiger partial charge is 0.493 e. The number of hydrogen-bond donors (Lipinski definition) is 1. The Labute approximate surface area is 192 Å². The van der Waals surface area contributed by atoms with E-state index >= 15 is 0 Å². The molecule has 5 rings (SSSR count). The minimum Gasteiger partial charge on any atom is -0.493 e. The van der Waals surface area contributed by atoms with Crippen LogP contribution in [0.1, 0.15) is 47.1 Å². The number of aromatic nitrogens is 1. The third kappa shape index (κ3) is 4.27. The first-order valence-electron chi connectivity index (χ1n) is 10.9. The summed E-state index contributed by atoms with van der Waals surface area (Å²) in [6.07, 6.45) is -2.73. The van der Waals surface area contributed by atoms with Crippen LogP contribution in [0.5, 0.6) is 23.1 Å². The van der Waals surface area contributed by atoms with Crippen molar-refractivity contribution in [1.29, 1.82) is 0 Å². The van der Waals surface area contributed by atoms with Gasteiger partial charge in [0.15, 0.2) is 0 Å². The standard InChI is InChI=1S/C25H21F4NO4/c26-19-5-7-20(34-23-8-1-15(12-30-23)25(27,28)29)18-4-6-21(24(18)19)33-16-2-3-17-14(9-10-31)13-32-22(17)11-16/h1-3,5,7-8,11-12,14,21,31H,4,6,9-10,13H2/t14-,21-/m1/s1. The Hall–Kier alpha value is -3.33. The number of pyridine rings is 1. The molecule has 0 amide bonds. The van der Waals surface area contributed by atoms with E-state index in [1.807, 2.05) is 6.07 Å². The molecule has 0 fully saturated rings.